The molecule has 1 rings (SSSR count). The van der Waals surface area contributed by atoms with Crippen molar-refractivity contribution < 1.29 is 5.11 Å². The molecule has 0 atom stereocenters. The molecule has 124 valence electrons. The molecule has 1 aromatic rings. The first-order valence-electron chi connectivity index (χ1n) is 7.31. The van der Waals surface area contributed by atoms with Gasteiger partial charge in [-0.25, -0.2) is 0 Å². The second-order valence-corrected chi connectivity index (χ2v) is 3.08. The summed E-state index contributed by atoms with van der Waals surface area (Å²) < 4.78 is 0. The van der Waals surface area contributed by atoms with Crippen LogP contribution in [0.5, 0.6) is 5.75 Å². The number of phenols is 1. The molecule has 0 bridgehead atoms. The van der Waals surface area contributed by atoms with Crippen LogP contribution in [0.3, 0.4) is 0 Å². The van der Waals surface area contributed by atoms with Gasteiger partial charge < -0.3 is 5.11 Å². The van der Waals surface area contributed by atoms with Gasteiger partial charge >= 0.3 is 0 Å². The highest BCUT2D eigenvalue weighted by Gasteiger charge is 1.87. The second-order valence-electron chi connectivity index (χ2n) is 3.08. The fourth-order valence-corrected chi connectivity index (χ4v) is 0.918. The van der Waals surface area contributed by atoms with Crippen LogP contribution < -0.4 is 0 Å². The van der Waals surface area contributed by atoms with E-state index >= 15 is 0 Å². The molecule has 0 saturated heterocycles. The van der Waals surface area contributed by atoms with Crippen LogP contribution in [0.2, 0.25) is 0 Å². The van der Waals surface area contributed by atoms with E-state index in [1.54, 1.807) is 19.2 Å². The molecule has 3 nitrogen and oxygen atoms in total. The number of terminal acetylenes is 1. The van der Waals surface area contributed by atoms with Gasteiger partial charge in [-0.3, -0.25) is 0 Å². The average Bonchev–Trinajstić information content (AvgIpc) is 2.57. The van der Waals surface area contributed by atoms with Crippen molar-refractivity contribution in [2.24, 2.45) is 10.2 Å². The molecule has 1 aromatic carbocycles. The molecular weight excluding hydrogens is 272 g/mol. The molecule has 0 amide bonds. The Morgan fingerprint density at radius 1 is 1.14 bits per heavy atom. The number of para-hydroxylation sites is 1. The predicted molar refractivity (Wildman–Crippen MR) is 100 cm³/mol. The first kappa shape index (κ1) is 27.9. The Balaban J connectivity index is -0.000000110. The summed E-state index contributed by atoms with van der Waals surface area (Å²) in [6.07, 6.45) is 11.7. The van der Waals surface area contributed by atoms with E-state index in [4.69, 9.17) is 5.11 Å². The summed E-state index contributed by atoms with van der Waals surface area (Å²) in [4.78, 5) is 0. The van der Waals surface area contributed by atoms with Crippen LogP contribution in [-0.2, 0) is 0 Å². The molecule has 0 heterocycles. The van der Waals surface area contributed by atoms with Crippen molar-refractivity contribution in [1.82, 2.24) is 0 Å². The Morgan fingerprint density at radius 2 is 1.59 bits per heavy atom. The Morgan fingerprint density at radius 3 is 1.86 bits per heavy atom. The SMILES string of the molecule is C#C.C=C(/C=C\C)N=NC.CC.CC.Cc1ccccc1O. The van der Waals surface area contributed by atoms with Crippen molar-refractivity contribution in [3.63, 3.8) is 0 Å². The van der Waals surface area contributed by atoms with Gasteiger partial charge in [0.15, 0.2) is 0 Å². The number of nitrogens with zero attached hydrogens (tertiary/aromatic N) is 2. The van der Waals surface area contributed by atoms with Crippen LogP contribution in [0.4, 0.5) is 0 Å². The van der Waals surface area contributed by atoms with Gasteiger partial charge in [-0.2, -0.15) is 10.2 Å². The summed E-state index contributed by atoms with van der Waals surface area (Å²) in [5.74, 6) is 0.368. The minimum atomic E-state index is 0.368. The van der Waals surface area contributed by atoms with Crippen LogP contribution in [-0.4, -0.2) is 12.2 Å². The molecule has 3 heteroatoms. The zero-order valence-electron chi connectivity index (χ0n) is 15.2. The van der Waals surface area contributed by atoms with Crippen molar-refractivity contribution in [2.45, 2.75) is 41.5 Å². The third-order valence-electron chi connectivity index (χ3n) is 1.70. The lowest BCUT2D eigenvalue weighted by molar-refractivity contribution is 0.471. The molecule has 0 aliphatic carbocycles. The smallest absolute Gasteiger partial charge is 0.118 e. The highest BCUT2D eigenvalue weighted by Crippen LogP contribution is 2.12. The van der Waals surface area contributed by atoms with Crippen molar-refractivity contribution in [1.29, 1.82) is 0 Å². The van der Waals surface area contributed by atoms with E-state index in [2.05, 4.69) is 29.7 Å². The fraction of sp³-hybridized carbons (Fsp3) is 0.368. The van der Waals surface area contributed by atoms with Crippen LogP contribution in [0.15, 0.2) is 58.9 Å². The molecule has 0 fully saturated rings. The fourth-order valence-electron chi connectivity index (χ4n) is 0.918. The van der Waals surface area contributed by atoms with E-state index in [0.29, 0.717) is 11.4 Å². The van der Waals surface area contributed by atoms with Gasteiger partial charge in [-0.1, -0.05) is 58.5 Å². The van der Waals surface area contributed by atoms with E-state index in [-0.39, 0.29) is 0 Å². The minimum absolute atomic E-state index is 0.368. The summed E-state index contributed by atoms with van der Waals surface area (Å²) in [6.45, 7) is 15.4. The zero-order valence-corrected chi connectivity index (χ0v) is 15.2. The van der Waals surface area contributed by atoms with Gasteiger partial charge in [0, 0.05) is 7.05 Å². The highest BCUT2D eigenvalue weighted by atomic mass is 16.3. The lowest BCUT2D eigenvalue weighted by atomic mass is 10.2. The summed E-state index contributed by atoms with van der Waals surface area (Å²) in [7, 11) is 1.62. The molecule has 0 spiro atoms. The normalized spacial score (nSPS) is 8.05. The van der Waals surface area contributed by atoms with Crippen molar-refractivity contribution in [3.05, 3.63) is 54.3 Å². The molecule has 22 heavy (non-hydrogen) atoms. The summed E-state index contributed by atoms with van der Waals surface area (Å²) >= 11 is 0. The maximum atomic E-state index is 8.92. The summed E-state index contributed by atoms with van der Waals surface area (Å²) in [6, 6.07) is 7.25. The topological polar surface area (TPSA) is 45.0 Å². The third kappa shape index (κ3) is 22.8. The maximum Gasteiger partial charge on any atom is 0.118 e. The first-order chi connectivity index (χ1) is 10.6. The average molecular weight is 304 g/mol. The van der Waals surface area contributed by atoms with Gasteiger partial charge in [0.1, 0.15) is 5.75 Å². The number of benzene rings is 1. The van der Waals surface area contributed by atoms with Crippen molar-refractivity contribution in [3.8, 4) is 18.6 Å². The zero-order chi connectivity index (χ0) is 18.4. The quantitative estimate of drug-likeness (QED) is 0.397. The molecule has 0 aliphatic rings. The van der Waals surface area contributed by atoms with E-state index in [1.807, 2.05) is 65.8 Å². The number of allylic oxidation sites excluding steroid dienone is 2. The van der Waals surface area contributed by atoms with E-state index in [1.165, 1.54) is 0 Å². The van der Waals surface area contributed by atoms with E-state index in [9.17, 15) is 0 Å². The lowest BCUT2D eigenvalue weighted by Gasteiger charge is -1.92. The molecule has 0 radical (unpaired) electrons. The molecule has 0 saturated carbocycles. The monoisotopic (exact) mass is 304 g/mol. The largest absolute Gasteiger partial charge is 0.508 e. The number of aromatic hydroxyl groups is 1. The summed E-state index contributed by atoms with van der Waals surface area (Å²) in [5.41, 5.74) is 1.61. The Bertz CT molecular complexity index is 383. The van der Waals surface area contributed by atoms with Crippen molar-refractivity contribution in [2.75, 3.05) is 7.05 Å². The van der Waals surface area contributed by atoms with Crippen LogP contribution in [0.1, 0.15) is 40.2 Å². The molecule has 0 aliphatic heterocycles. The van der Waals surface area contributed by atoms with E-state index < -0.39 is 0 Å². The standard InChI is InChI=1S/C7H8O.C6H10N2.2C2H6.C2H2/c1-6-4-2-3-5-7(6)8;1-4-5-6(2)8-7-3;3*1-2/h2-5,8H,1H3;4-5H,2H2,1,3H3;2*1-2H3;1-2H/b;5-4-,8-7?;;;. The number of azo groups is 1. The molecule has 0 aromatic heterocycles. The number of hydrogen-bond donors (Lipinski definition) is 1. The molecule has 1 N–H and O–H groups in total. The van der Waals surface area contributed by atoms with Gasteiger partial charge in [0.2, 0.25) is 0 Å². The third-order valence-corrected chi connectivity index (χ3v) is 1.70. The van der Waals surface area contributed by atoms with Crippen LogP contribution in [0.25, 0.3) is 0 Å². The highest BCUT2D eigenvalue weighted by molar-refractivity contribution is 5.29. The number of phenolic OH excluding ortho intramolecular Hbond substituents is 1. The Kier molecular flexibility index (Phi) is 34.4. The number of aryl methyl sites for hydroxylation is 1. The molecule has 0 unspecified atom stereocenters. The number of rotatable bonds is 2. The van der Waals surface area contributed by atoms with Gasteiger partial charge in [0.05, 0.1) is 5.70 Å². The Hall–Kier alpha value is -2.34. The van der Waals surface area contributed by atoms with Gasteiger partial charge in [0.25, 0.3) is 0 Å². The number of hydrogen-bond acceptors (Lipinski definition) is 3. The maximum absolute atomic E-state index is 8.92. The van der Waals surface area contributed by atoms with Crippen LogP contribution >= 0.6 is 0 Å². The predicted octanol–water partition coefficient (Wildman–Crippen LogP) is 6.16. The Labute approximate surface area is 137 Å². The van der Waals surface area contributed by atoms with Gasteiger partial charge in [-0.15, -0.1) is 12.8 Å². The second kappa shape index (κ2) is 27.1. The van der Waals surface area contributed by atoms with E-state index in [0.717, 1.165) is 5.56 Å². The molecular formula is C19H32N2O. The van der Waals surface area contributed by atoms with Crippen LogP contribution in [0, 0.1) is 19.8 Å². The summed E-state index contributed by atoms with van der Waals surface area (Å²) in [5, 5.41) is 16.1. The first-order valence-corrected chi connectivity index (χ1v) is 7.31. The van der Waals surface area contributed by atoms with Crippen molar-refractivity contribution >= 4 is 0 Å². The minimum Gasteiger partial charge on any atom is -0.508 e. The lowest BCUT2D eigenvalue weighted by Crippen LogP contribution is -1.68. The van der Waals surface area contributed by atoms with Gasteiger partial charge in [-0.05, 0) is 31.6 Å².